The number of aryl methyl sites for hydroxylation is 1. The Hall–Kier alpha value is -3.26. The summed E-state index contributed by atoms with van der Waals surface area (Å²) in [5.41, 5.74) is 7.93. The van der Waals surface area contributed by atoms with Crippen molar-refractivity contribution in [2.24, 2.45) is 0 Å². The second kappa shape index (κ2) is 9.00. The molecule has 0 spiro atoms. The largest absolute Gasteiger partial charge is 0.354 e. The molecule has 8 heteroatoms. The van der Waals surface area contributed by atoms with Crippen molar-refractivity contribution in [2.45, 2.75) is 64.3 Å². The second-order valence-electron chi connectivity index (χ2n) is 11.0. The van der Waals surface area contributed by atoms with E-state index in [1.807, 2.05) is 13.1 Å². The molecule has 2 aliphatic rings. The maximum absolute atomic E-state index is 12.8. The van der Waals surface area contributed by atoms with Gasteiger partial charge < -0.3 is 9.88 Å². The molecular weight excluding hydrogens is 450 g/mol. The van der Waals surface area contributed by atoms with E-state index in [1.54, 1.807) is 4.52 Å². The zero-order valence-corrected chi connectivity index (χ0v) is 21.7. The monoisotopic (exact) mass is 485 g/mol. The molecule has 188 valence electrons. The van der Waals surface area contributed by atoms with Gasteiger partial charge in [-0.25, -0.2) is 0 Å². The first-order valence-corrected chi connectivity index (χ1v) is 13.2. The Kier molecular flexibility index (Phi) is 5.79. The van der Waals surface area contributed by atoms with Gasteiger partial charge in [0.25, 0.3) is 0 Å². The quantitative estimate of drug-likeness (QED) is 0.435. The van der Waals surface area contributed by atoms with Gasteiger partial charge in [-0.15, -0.1) is 5.10 Å². The second-order valence-corrected chi connectivity index (χ2v) is 11.0. The zero-order valence-electron chi connectivity index (χ0n) is 21.7. The molecule has 4 aromatic rings. The van der Waals surface area contributed by atoms with Crippen molar-refractivity contribution >= 4 is 22.5 Å². The first-order chi connectivity index (χ1) is 17.4. The lowest BCUT2D eigenvalue weighted by Gasteiger charge is -2.33. The zero-order chi connectivity index (χ0) is 25.0. The average molecular weight is 486 g/mol. The number of aromatic amines is 1. The standard InChI is InChI=1S/C28H35N7O/c1-17(2)26-23-14-20(19-9-11-34(12-10-19)25(36)16-33(4)22-6-7-22)5-8-24(23)29-27(26)21-13-18(3)28-30-31-32-35(28)15-21/h5,8,13-15,17,19,22,29H,6-7,9-12,16H2,1-4H3. The molecule has 0 bridgehead atoms. The first kappa shape index (κ1) is 23.2. The molecule has 1 aliphatic carbocycles. The number of pyridine rings is 1. The Morgan fingerprint density at radius 3 is 2.67 bits per heavy atom. The fourth-order valence-electron chi connectivity index (χ4n) is 5.88. The van der Waals surface area contributed by atoms with Crippen LogP contribution in [0, 0.1) is 6.92 Å². The van der Waals surface area contributed by atoms with E-state index in [4.69, 9.17) is 0 Å². The molecule has 3 aromatic heterocycles. The summed E-state index contributed by atoms with van der Waals surface area (Å²) in [6.07, 6.45) is 6.52. The summed E-state index contributed by atoms with van der Waals surface area (Å²) in [7, 11) is 2.08. The van der Waals surface area contributed by atoms with Crippen molar-refractivity contribution < 1.29 is 4.79 Å². The molecule has 4 heterocycles. The molecule has 0 radical (unpaired) electrons. The van der Waals surface area contributed by atoms with E-state index in [1.165, 1.54) is 29.4 Å². The number of likely N-dealkylation sites (tertiary alicyclic amines) is 1. The highest BCUT2D eigenvalue weighted by molar-refractivity contribution is 5.92. The van der Waals surface area contributed by atoms with E-state index in [-0.39, 0.29) is 5.91 Å². The Bertz CT molecular complexity index is 1420. The number of nitrogens with zero attached hydrogens (tertiary/aromatic N) is 6. The van der Waals surface area contributed by atoms with E-state index in [9.17, 15) is 4.79 Å². The van der Waals surface area contributed by atoms with Gasteiger partial charge in [-0.05, 0) is 96.8 Å². The van der Waals surface area contributed by atoms with Gasteiger partial charge in [0, 0.05) is 41.8 Å². The minimum absolute atomic E-state index is 0.283. The van der Waals surface area contributed by atoms with Gasteiger partial charge in [0.15, 0.2) is 5.65 Å². The van der Waals surface area contributed by atoms with Crippen molar-refractivity contribution in [3.63, 3.8) is 0 Å². The number of likely N-dealkylation sites (N-methyl/N-ethyl adjacent to an activating group) is 1. The molecule has 36 heavy (non-hydrogen) atoms. The number of piperidine rings is 1. The van der Waals surface area contributed by atoms with Crippen LogP contribution in [0.4, 0.5) is 0 Å². The van der Waals surface area contributed by atoms with Gasteiger partial charge in [0.05, 0.1) is 12.2 Å². The fraction of sp³-hybridized carbons (Fsp3) is 0.500. The molecule has 8 nitrogen and oxygen atoms in total. The van der Waals surface area contributed by atoms with E-state index in [2.05, 4.69) is 75.5 Å². The summed E-state index contributed by atoms with van der Waals surface area (Å²) in [6, 6.07) is 9.67. The molecular formula is C28H35N7O. The number of nitrogens with one attached hydrogen (secondary N) is 1. The van der Waals surface area contributed by atoms with Crippen molar-refractivity contribution in [3.05, 3.63) is 47.2 Å². The Morgan fingerprint density at radius 1 is 1.17 bits per heavy atom. The number of hydrogen-bond acceptors (Lipinski definition) is 5. The van der Waals surface area contributed by atoms with Crippen LogP contribution in [-0.4, -0.2) is 73.5 Å². The normalized spacial score (nSPS) is 17.2. The average Bonchev–Trinajstić information content (AvgIpc) is 3.48. The highest BCUT2D eigenvalue weighted by Gasteiger charge is 2.30. The number of tetrazole rings is 1. The Balaban J connectivity index is 1.26. The maximum atomic E-state index is 12.8. The van der Waals surface area contributed by atoms with Crippen LogP contribution >= 0.6 is 0 Å². The van der Waals surface area contributed by atoms with Crippen LogP contribution in [0.5, 0.6) is 0 Å². The molecule has 2 fully saturated rings. The molecule has 1 saturated carbocycles. The number of benzene rings is 1. The smallest absolute Gasteiger partial charge is 0.236 e. The van der Waals surface area contributed by atoms with Crippen LogP contribution < -0.4 is 0 Å². The van der Waals surface area contributed by atoms with E-state index in [0.717, 1.165) is 53.9 Å². The van der Waals surface area contributed by atoms with Crippen LogP contribution in [-0.2, 0) is 4.79 Å². The molecule has 6 rings (SSSR count). The number of carbonyl (C=O) groups excluding carboxylic acids is 1. The summed E-state index contributed by atoms with van der Waals surface area (Å²) in [5.74, 6) is 1.13. The highest BCUT2D eigenvalue weighted by Crippen LogP contribution is 2.38. The van der Waals surface area contributed by atoms with Gasteiger partial charge >= 0.3 is 0 Å². The van der Waals surface area contributed by atoms with Crippen LogP contribution in [0.15, 0.2) is 30.5 Å². The molecule has 1 amide bonds. The predicted molar refractivity (Wildman–Crippen MR) is 141 cm³/mol. The van der Waals surface area contributed by atoms with Crippen molar-refractivity contribution in [1.29, 1.82) is 0 Å². The maximum Gasteiger partial charge on any atom is 0.236 e. The van der Waals surface area contributed by atoms with Crippen molar-refractivity contribution in [2.75, 3.05) is 26.7 Å². The third kappa shape index (κ3) is 4.17. The number of hydrogen-bond donors (Lipinski definition) is 1. The SMILES string of the molecule is Cc1cc(-c2[nH]c3ccc(C4CCN(C(=O)CN(C)C5CC5)CC4)cc3c2C(C)C)cn2nnnc12. The van der Waals surface area contributed by atoms with E-state index in [0.29, 0.717) is 24.4 Å². The molecule has 0 unspecified atom stereocenters. The summed E-state index contributed by atoms with van der Waals surface area (Å²) in [5, 5.41) is 13.4. The lowest BCUT2D eigenvalue weighted by molar-refractivity contribution is -0.133. The molecule has 0 atom stereocenters. The fourth-order valence-corrected chi connectivity index (χ4v) is 5.88. The predicted octanol–water partition coefficient (Wildman–Crippen LogP) is 4.50. The van der Waals surface area contributed by atoms with E-state index < -0.39 is 0 Å². The molecule has 1 N–H and O–H groups in total. The Morgan fingerprint density at radius 2 is 1.94 bits per heavy atom. The first-order valence-electron chi connectivity index (χ1n) is 13.2. The summed E-state index contributed by atoms with van der Waals surface area (Å²) in [6.45, 7) is 8.81. The Labute approximate surface area is 211 Å². The number of aromatic nitrogens is 5. The third-order valence-corrected chi connectivity index (χ3v) is 8.08. The van der Waals surface area contributed by atoms with Crippen LogP contribution in [0.2, 0.25) is 0 Å². The molecule has 1 aromatic carbocycles. The minimum atomic E-state index is 0.283. The van der Waals surface area contributed by atoms with Gasteiger partial charge in [0.2, 0.25) is 5.91 Å². The summed E-state index contributed by atoms with van der Waals surface area (Å²) >= 11 is 0. The lowest BCUT2D eigenvalue weighted by atomic mass is 9.87. The van der Waals surface area contributed by atoms with Crippen LogP contribution in [0.25, 0.3) is 27.8 Å². The third-order valence-electron chi connectivity index (χ3n) is 8.08. The van der Waals surface area contributed by atoms with Crippen molar-refractivity contribution in [3.8, 4) is 11.3 Å². The van der Waals surface area contributed by atoms with Gasteiger partial charge in [-0.2, -0.15) is 4.52 Å². The van der Waals surface area contributed by atoms with E-state index >= 15 is 0 Å². The molecule has 1 aliphatic heterocycles. The van der Waals surface area contributed by atoms with Crippen LogP contribution in [0.1, 0.15) is 68.1 Å². The summed E-state index contributed by atoms with van der Waals surface area (Å²) in [4.78, 5) is 20.8. The number of H-pyrrole nitrogens is 1. The topological polar surface area (TPSA) is 82.4 Å². The van der Waals surface area contributed by atoms with Gasteiger partial charge in [0.1, 0.15) is 0 Å². The highest BCUT2D eigenvalue weighted by atomic mass is 16.2. The number of carbonyl (C=O) groups is 1. The number of amides is 1. The van der Waals surface area contributed by atoms with Gasteiger partial charge in [-0.3, -0.25) is 9.69 Å². The van der Waals surface area contributed by atoms with Crippen molar-refractivity contribution in [1.82, 2.24) is 34.8 Å². The van der Waals surface area contributed by atoms with Gasteiger partial charge in [-0.1, -0.05) is 19.9 Å². The minimum Gasteiger partial charge on any atom is -0.354 e. The summed E-state index contributed by atoms with van der Waals surface area (Å²) < 4.78 is 1.75. The molecule has 1 saturated heterocycles. The lowest BCUT2D eigenvalue weighted by Crippen LogP contribution is -2.43. The number of fused-ring (bicyclic) bond motifs is 2. The van der Waals surface area contributed by atoms with Crippen LogP contribution in [0.3, 0.4) is 0 Å². The number of rotatable bonds is 6.